The molecule has 4 rings (SSSR count). The minimum Gasteiger partial charge on any atom is -0.464 e. The Bertz CT molecular complexity index is 831. The highest BCUT2D eigenvalue weighted by Crippen LogP contribution is 2.47. The molecule has 1 N–H and O–H groups in total. The Kier molecular flexibility index (Phi) is 3.59. The fraction of sp³-hybridized carbons (Fsp3) is 0.474. The van der Waals surface area contributed by atoms with Crippen molar-refractivity contribution in [2.75, 3.05) is 0 Å². The molecule has 0 radical (unpaired) electrons. The molecule has 0 aliphatic heterocycles. The average Bonchev–Trinajstić information content (AvgIpc) is 3.45. The number of aromatic nitrogens is 1. The van der Waals surface area contributed by atoms with Crippen molar-refractivity contribution in [3.63, 3.8) is 0 Å². The van der Waals surface area contributed by atoms with Crippen molar-refractivity contribution in [3.05, 3.63) is 57.4 Å². The fourth-order valence-corrected chi connectivity index (χ4v) is 3.21. The highest BCUT2D eigenvalue weighted by molar-refractivity contribution is 5.94. The predicted molar refractivity (Wildman–Crippen MR) is 89.9 cm³/mol. The minimum atomic E-state index is -0.322. The smallest absolute Gasteiger partial charge is 0.260 e. The second-order valence-electron chi connectivity index (χ2n) is 7.17. The van der Waals surface area contributed by atoms with Crippen LogP contribution in [0.4, 0.5) is 0 Å². The van der Waals surface area contributed by atoms with Crippen LogP contribution in [0.2, 0.25) is 0 Å². The van der Waals surface area contributed by atoms with E-state index in [0.717, 1.165) is 30.1 Å². The number of nitrogens with one attached hydrogen (secondary N) is 1. The molecule has 0 bridgehead atoms. The van der Waals surface area contributed by atoms with Crippen LogP contribution in [-0.4, -0.2) is 21.8 Å². The number of carbonyl (C=O) groups excluding carboxylic acids is 1. The van der Waals surface area contributed by atoms with E-state index >= 15 is 0 Å². The van der Waals surface area contributed by atoms with Crippen molar-refractivity contribution in [1.82, 2.24) is 9.88 Å². The zero-order valence-electron chi connectivity index (χ0n) is 14.0. The number of rotatable bonds is 5. The molecule has 2 aliphatic rings. The standard InChI is InChI=1S/C19H22N2O3/c1-11-9-16(11)17-8-6-14(24-17)10-21(13-4-5-13)19(23)15-7-3-12(2)20-18(15)22/h3,6-8,11,13,16H,4-5,9-10H2,1-2H3,(H,20,22)/t11-,16+/m0/s1. The Morgan fingerprint density at radius 2 is 2.04 bits per heavy atom. The van der Waals surface area contributed by atoms with Crippen LogP contribution in [0.5, 0.6) is 0 Å². The van der Waals surface area contributed by atoms with E-state index in [1.807, 2.05) is 12.1 Å². The molecule has 0 saturated heterocycles. The molecule has 2 atom stereocenters. The van der Waals surface area contributed by atoms with Crippen molar-refractivity contribution < 1.29 is 9.21 Å². The summed E-state index contributed by atoms with van der Waals surface area (Å²) in [6.07, 6.45) is 3.16. The van der Waals surface area contributed by atoms with Crippen LogP contribution >= 0.6 is 0 Å². The van der Waals surface area contributed by atoms with Crippen LogP contribution < -0.4 is 5.56 Å². The van der Waals surface area contributed by atoms with E-state index in [1.54, 1.807) is 24.0 Å². The number of aromatic amines is 1. The van der Waals surface area contributed by atoms with Crippen LogP contribution in [0, 0.1) is 12.8 Å². The maximum Gasteiger partial charge on any atom is 0.260 e. The summed E-state index contributed by atoms with van der Waals surface area (Å²) in [4.78, 5) is 29.4. The zero-order valence-corrected chi connectivity index (χ0v) is 14.0. The van der Waals surface area contributed by atoms with E-state index in [4.69, 9.17) is 4.42 Å². The molecule has 2 aromatic rings. The Balaban J connectivity index is 1.55. The van der Waals surface area contributed by atoms with Gasteiger partial charge in [0.1, 0.15) is 17.1 Å². The number of amides is 1. The lowest BCUT2D eigenvalue weighted by Crippen LogP contribution is -2.36. The van der Waals surface area contributed by atoms with E-state index in [9.17, 15) is 9.59 Å². The molecule has 126 valence electrons. The average molecular weight is 326 g/mol. The summed E-state index contributed by atoms with van der Waals surface area (Å²) in [5.41, 5.74) is 0.636. The largest absolute Gasteiger partial charge is 0.464 e. The first-order valence-electron chi connectivity index (χ1n) is 8.62. The zero-order chi connectivity index (χ0) is 16.8. The molecule has 0 spiro atoms. The lowest BCUT2D eigenvalue weighted by Gasteiger charge is -2.21. The monoisotopic (exact) mass is 326 g/mol. The lowest BCUT2D eigenvalue weighted by molar-refractivity contribution is 0.0715. The van der Waals surface area contributed by atoms with Crippen LogP contribution in [0.25, 0.3) is 0 Å². The molecule has 2 aliphatic carbocycles. The number of H-pyrrole nitrogens is 1. The molecular weight excluding hydrogens is 304 g/mol. The minimum absolute atomic E-state index is 0.204. The van der Waals surface area contributed by atoms with E-state index in [2.05, 4.69) is 11.9 Å². The third-order valence-electron chi connectivity index (χ3n) is 5.02. The van der Waals surface area contributed by atoms with E-state index in [0.29, 0.717) is 18.4 Å². The van der Waals surface area contributed by atoms with Crippen LogP contribution in [0.1, 0.15) is 59.7 Å². The molecule has 5 heteroatoms. The van der Waals surface area contributed by atoms with E-state index in [-0.39, 0.29) is 23.1 Å². The van der Waals surface area contributed by atoms with Crippen molar-refractivity contribution in [1.29, 1.82) is 0 Å². The summed E-state index contributed by atoms with van der Waals surface area (Å²) in [5.74, 6) is 2.83. The van der Waals surface area contributed by atoms with Gasteiger partial charge >= 0.3 is 0 Å². The van der Waals surface area contributed by atoms with Crippen molar-refractivity contribution >= 4 is 5.91 Å². The van der Waals surface area contributed by atoms with Gasteiger partial charge in [0.15, 0.2) is 0 Å². The molecule has 2 aromatic heterocycles. The van der Waals surface area contributed by atoms with Gasteiger partial charge in [-0.05, 0) is 56.4 Å². The molecule has 0 unspecified atom stereocenters. The number of pyridine rings is 1. The normalized spacial score (nSPS) is 22.4. The van der Waals surface area contributed by atoms with Gasteiger partial charge in [0.05, 0.1) is 6.54 Å². The number of aryl methyl sites for hydroxylation is 1. The van der Waals surface area contributed by atoms with Crippen molar-refractivity contribution in [2.45, 2.75) is 51.6 Å². The third-order valence-corrected chi connectivity index (χ3v) is 5.02. The number of hydrogen-bond acceptors (Lipinski definition) is 3. The van der Waals surface area contributed by atoms with Gasteiger partial charge in [-0.3, -0.25) is 9.59 Å². The van der Waals surface area contributed by atoms with Crippen molar-refractivity contribution in [3.8, 4) is 0 Å². The molecule has 2 saturated carbocycles. The first kappa shape index (κ1) is 15.2. The van der Waals surface area contributed by atoms with Crippen LogP contribution in [-0.2, 0) is 6.54 Å². The number of hydrogen-bond donors (Lipinski definition) is 1. The van der Waals surface area contributed by atoms with Gasteiger partial charge in [-0.1, -0.05) is 6.92 Å². The van der Waals surface area contributed by atoms with Gasteiger partial charge in [0, 0.05) is 17.7 Å². The Hall–Kier alpha value is -2.30. The third kappa shape index (κ3) is 2.90. The van der Waals surface area contributed by atoms with E-state index < -0.39 is 0 Å². The Morgan fingerprint density at radius 1 is 1.29 bits per heavy atom. The van der Waals surface area contributed by atoms with Gasteiger partial charge in [0.2, 0.25) is 0 Å². The quantitative estimate of drug-likeness (QED) is 0.917. The second kappa shape index (κ2) is 5.65. The number of carbonyl (C=O) groups is 1. The Morgan fingerprint density at radius 3 is 2.67 bits per heavy atom. The molecule has 24 heavy (non-hydrogen) atoms. The summed E-state index contributed by atoms with van der Waals surface area (Å²) in [6, 6.07) is 7.58. The van der Waals surface area contributed by atoms with Gasteiger partial charge in [-0.25, -0.2) is 0 Å². The predicted octanol–water partition coefficient (Wildman–Crippen LogP) is 3.20. The summed E-state index contributed by atoms with van der Waals surface area (Å²) >= 11 is 0. The molecule has 2 heterocycles. The maximum atomic E-state index is 12.8. The number of furan rings is 1. The first-order valence-corrected chi connectivity index (χ1v) is 8.62. The summed E-state index contributed by atoms with van der Waals surface area (Å²) in [7, 11) is 0. The maximum absolute atomic E-state index is 12.8. The van der Waals surface area contributed by atoms with Gasteiger partial charge < -0.3 is 14.3 Å². The summed E-state index contributed by atoms with van der Waals surface area (Å²) in [6.45, 7) is 4.45. The highest BCUT2D eigenvalue weighted by Gasteiger charge is 2.38. The van der Waals surface area contributed by atoms with Gasteiger partial charge in [0.25, 0.3) is 11.5 Å². The van der Waals surface area contributed by atoms with Gasteiger partial charge in [-0.2, -0.15) is 0 Å². The summed E-state index contributed by atoms with van der Waals surface area (Å²) < 4.78 is 5.94. The molecule has 5 nitrogen and oxygen atoms in total. The number of nitrogens with zero attached hydrogens (tertiary/aromatic N) is 1. The SMILES string of the molecule is Cc1ccc(C(=O)N(Cc2ccc([C@@H]3C[C@@H]3C)o2)C2CC2)c(=O)[nH]1. The summed E-state index contributed by atoms with van der Waals surface area (Å²) in [5, 5.41) is 0. The molecule has 2 fully saturated rings. The lowest BCUT2D eigenvalue weighted by atomic mass is 10.2. The fourth-order valence-electron chi connectivity index (χ4n) is 3.21. The van der Waals surface area contributed by atoms with Crippen LogP contribution in [0.3, 0.4) is 0 Å². The first-order chi connectivity index (χ1) is 11.5. The molecule has 0 aromatic carbocycles. The molecular formula is C19H22N2O3. The van der Waals surface area contributed by atoms with Crippen molar-refractivity contribution in [2.24, 2.45) is 5.92 Å². The second-order valence-corrected chi connectivity index (χ2v) is 7.17. The van der Waals surface area contributed by atoms with Crippen LogP contribution in [0.15, 0.2) is 33.5 Å². The molecule has 1 amide bonds. The van der Waals surface area contributed by atoms with Gasteiger partial charge in [-0.15, -0.1) is 0 Å². The van der Waals surface area contributed by atoms with E-state index in [1.165, 1.54) is 6.42 Å². The Labute approximate surface area is 140 Å². The highest BCUT2D eigenvalue weighted by atomic mass is 16.3. The topological polar surface area (TPSA) is 66.3 Å².